The Morgan fingerprint density at radius 3 is 2.95 bits per heavy atom. The highest BCUT2D eigenvalue weighted by atomic mass is 16.5. The number of pyridine rings is 1. The summed E-state index contributed by atoms with van der Waals surface area (Å²) in [6.45, 7) is 4.25. The Kier molecular flexibility index (Phi) is 4.93. The average molecular weight is 283 g/mol. The van der Waals surface area contributed by atoms with Crippen LogP contribution in [0.2, 0.25) is 0 Å². The average Bonchev–Trinajstić information content (AvgIpc) is 2.53. The first-order chi connectivity index (χ1) is 10.2. The standard InChI is InChI=1S/C16H17N3O2/c1-3-7-18-14-8-12(10-17-11-14)16(20)19-13-5-4-6-15(9-13)21-2/h3-6,8-11,18H,1,7H2,2H3,(H,19,20). The van der Waals surface area contributed by atoms with E-state index in [0.717, 1.165) is 5.69 Å². The van der Waals surface area contributed by atoms with Crippen LogP contribution < -0.4 is 15.4 Å². The second kappa shape index (κ2) is 7.09. The van der Waals surface area contributed by atoms with Crippen LogP contribution in [0, 0.1) is 0 Å². The van der Waals surface area contributed by atoms with Crippen molar-refractivity contribution in [3.05, 3.63) is 60.9 Å². The van der Waals surface area contributed by atoms with E-state index in [4.69, 9.17) is 4.74 Å². The number of benzene rings is 1. The Bertz CT molecular complexity index is 641. The first-order valence-electron chi connectivity index (χ1n) is 6.48. The van der Waals surface area contributed by atoms with Crippen LogP contribution in [0.15, 0.2) is 55.4 Å². The quantitative estimate of drug-likeness (QED) is 0.800. The van der Waals surface area contributed by atoms with E-state index in [1.165, 1.54) is 6.20 Å². The van der Waals surface area contributed by atoms with Gasteiger partial charge in [0.25, 0.3) is 5.91 Å². The number of nitrogens with zero attached hydrogens (tertiary/aromatic N) is 1. The molecule has 1 amide bonds. The highest BCUT2D eigenvalue weighted by molar-refractivity contribution is 6.04. The fourth-order valence-corrected chi connectivity index (χ4v) is 1.75. The van der Waals surface area contributed by atoms with Crippen LogP contribution in [-0.2, 0) is 0 Å². The number of hydrogen-bond acceptors (Lipinski definition) is 4. The minimum atomic E-state index is -0.224. The molecule has 1 heterocycles. The molecule has 1 aromatic carbocycles. The molecule has 108 valence electrons. The monoisotopic (exact) mass is 283 g/mol. The number of methoxy groups -OCH3 is 1. The van der Waals surface area contributed by atoms with Crippen LogP contribution in [0.5, 0.6) is 5.75 Å². The van der Waals surface area contributed by atoms with Crippen molar-refractivity contribution >= 4 is 17.3 Å². The Hall–Kier alpha value is -2.82. The number of anilines is 2. The van der Waals surface area contributed by atoms with Gasteiger partial charge in [-0.1, -0.05) is 12.1 Å². The highest BCUT2D eigenvalue weighted by Crippen LogP contribution is 2.18. The van der Waals surface area contributed by atoms with Crippen molar-refractivity contribution in [2.45, 2.75) is 0 Å². The second-order valence-electron chi connectivity index (χ2n) is 4.32. The lowest BCUT2D eigenvalue weighted by Gasteiger charge is -2.08. The van der Waals surface area contributed by atoms with E-state index in [0.29, 0.717) is 23.5 Å². The molecule has 0 saturated heterocycles. The zero-order valence-corrected chi connectivity index (χ0v) is 11.8. The van der Waals surface area contributed by atoms with E-state index >= 15 is 0 Å². The normalized spacial score (nSPS) is 9.76. The lowest BCUT2D eigenvalue weighted by atomic mass is 10.2. The van der Waals surface area contributed by atoms with E-state index in [9.17, 15) is 4.79 Å². The predicted molar refractivity (Wildman–Crippen MR) is 83.9 cm³/mol. The van der Waals surface area contributed by atoms with Gasteiger partial charge in [-0.05, 0) is 18.2 Å². The summed E-state index contributed by atoms with van der Waals surface area (Å²) >= 11 is 0. The van der Waals surface area contributed by atoms with Gasteiger partial charge in [-0.25, -0.2) is 0 Å². The number of aromatic nitrogens is 1. The van der Waals surface area contributed by atoms with Gasteiger partial charge in [0.1, 0.15) is 5.75 Å². The third kappa shape index (κ3) is 4.07. The molecule has 0 atom stereocenters. The summed E-state index contributed by atoms with van der Waals surface area (Å²) in [6, 6.07) is 8.93. The van der Waals surface area contributed by atoms with E-state index in [1.807, 2.05) is 12.1 Å². The molecule has 0 aliphatic heterocycles. The molecule has 2 rings (SSSR count). The molecule has 5 nitrogen and oxygen atoms in total. The van der Waals surface area contributed by atoms with Gasteiger partial charge in [0.05, 0.1) is 18.4 Å². The SMILES string of the molecule is C=CCNc1cncc(C(=O)Nc2cccc(OC)c2)c1. The van der Waals surface area contributed by atoms with Gasteiger partial charge < -0.3 is 15.4 Å². The third-order valence-electron chi connectivity index (χ3n) is 2.78. The largest absolute Gasteiger partial charge is 0.497 e. The highest BCUT2D eigenvalue weighted by Gasteiger charge is 2.08. The summed E-state index contributed by atoms with van der Waals surface area (Å²) in [5.41, 5.74) is 1.92. The van der Waals surface area contributed by atoms with Crippen LogP contribution >= 0.6 is 0 Å². The van der Waals surface area contributed by atoms with Crippen molar-refractivity contribution < 1.29 is 9.53 Å². The van der Waals surface area contributed by atoms with Gasteiger partial charge >= 0.3 is 0 Å². The number of carbonyl (C=O) groups is 1. The van der Waals surface area contributed by atoms with Gasteiger partial charge in [0.2, 0.25) is 0 Å². The topological polar surface area (TPSA) is 63.2 Å². The first kappa shape index (κ1) is 14.6. The van der Waals surface area contributed by atoms with E-state index in [2.05, 4.69) is 22.2 Å². The summed E-state index contributed by atoms with van der Waals surface area (Å²) < 4.78 is 5.12. The minimum Gasteiger partial charge on any atom is -0.497 e. The number of amides is 1. The first-order valence-corrected chi connectivity index (χ1v) is 6.48. The Balaban J connectivity index is 2.10. The maximum Gasteiger partial charge on any atom is 0.257 e. The lowest BCUT2D eigenvalue weighted by molar-refractivity contribution is 0.102. The van der Waals surface area contributed by atoms with Gasteiger partial charge in [-0.3, -0.25) is 9.78 Å². The molecule has 0 aliphatic rings. The van der Waals surface area contributed by atoms with Crippen molar-refractivity contribution in [1.82, 2.24) is 4.98 Å². The van der Waals surface area contributed by atoms with Crippen LogP contribution in [0.3, 0.4) is 0 Å². The summed E-state index contributed by atoms with van der Waals surface area (Å²) in [6.07, 6.45) is 4.92. The molecule has 0 saturated carbocycles. The molecule has 2 N–H and O–H groups in total. The zero-order chi connectivity index (χ0) is 15.1. The Labute approximate surface area is 123 Å². The van der Waals surface area contributed by atoms with Crippen molar-refractivity contribution in [3.8, 4) is 5.75 Å². The molecule has 0 radical (unpaired) electrons. The molecule has 1 aromatic heterocycles. The predicted octanol–water partition coefficient (Wildman–Crippen LogP) is 2.94. The molecular weight excluding hydrogens is 266 g/mol. The molecule has 2 aromatic rings. The molecule has 5 heteroatoms. The van der Waals surface area contributed by atoms with Crippen molar-refractivity contribution in [3.63, 3.8) is 0 Å². The Morgan fingerprint density at radius 1 is 1.33 bits per heavy atom. The van der Waals surface area contributed by atoms with Gasteiger partial charge in [-0.2, -0.15) is 0 Å². The summed E-state index contributed by atoms with van der Waals surface area (Å²) in [5, 5.41) is 5.90. The van der Waals surface area contributed by atoms with E-state index < -0.39 is 0 Å². The van der Waals surface area contributed by atoms with Gasteiger partial charge in [-0.15, -0.1) is 6.58 Å². The van der Waals surface area contributed by atoms with E-state index in [-0.39, 0.29) is 5.91 Å². The zero-order valence-electron chi connectivity index (χ0n) is 11.8. The van der Waals surface area contributed by atoms with Gasteiger partial charge in [0, 0.05) is 30.7 Å². The number of rotatable bonds is 6. The van der Waals surface area contributed by atoms with E-state index in [1.54, 1.807) is 37.6 Å². The lowest BCUT2D eigenvalue weighted by Crippen LogP contribution is -2.12. The van der Waals surface area contributed by atoms with Crippen LogP contribution in [0.4, 0.5) is 11.4 Å². The molecule has 0 aliphatic carbocycles. The molecule has 0 unspecified atom stereocenters. The van der Waals surface area contributed by atoms with Crippen molar-refractivity contribution in [2.75, 3.05) is 24.3 Å². The second-order valence-corrected chi connectivity index (χ2v) is 4.32. The molecule has 0 spiro atoms. The smallest absolute Gasteiger partial charge is 0.257 e. The summed E-state index contributed by atoms with van der Waals surface area (Å²) in [4.78, 5) is 16.3. The van der Waals surface area contributed by atoms with Crippen molar-refractivity contribution in [2.24, 2.45) is 0 Å². The fraction of sp³-hybridized carbons (Fsp3) is 0.125. The summed E-state index contributed by atoms with van der Waals surface area (Å²) in [7, 11) is 1.58. The minimum absolute atomic E-state index is 0.224. The molecule has 21 heavy (non-hydrogen) atoms. The molecular formula is C16H17N3O2. The van der Waals surface area contributed by atoms with Crippen LogP contribution in [0.1, 0.15) is 10.4 Å². The fourth-order valence-electron chi connectivity index (χ4n) is 1.75. The van der Waals surface area contributed by atoms with Crippen LogP contribution in [-0.4, -0.2) is 24.5 Å². The van der Waals surface area contributed by atoms with Crippen molar-refractivity contribution in [1.29, 1.82) is 0 Å². The Morgan fingerprint density at radius 2 is 2.19 bits per heavy atom. The maximum absolute atomic E-state index is 12.2. The summed E-state index contributed by atoms with van der Waals surface area (Å²) in [5.74, 6) is 0.463. The third-order valence-corrected chi connectivity index (χ3v) is 2.78. The van der Waals surface area contributed by atoms with Gasteiger partial charge in [0.15, 0.2) is 0 Å². The number of carbonyl (C=O) groups excluding carboxylic acids is 1. The molecule has 0 fully saturated rings. The molecule has 0 bridgehead atoms. The maximum atomic E-state index is 12.2. The number of ether oxygens (including phenoxy) is 1. The number of hydrogen-bond donors (Lipinski definition) is 2. The van der Waals surface area contributed by atoms with Crippen LogP contribution in [0.25, 0.3) is 0 Å². The number of nitrogens with one attached hydrogen (secondary N) is 2.